The van der Waals surface area contributed by atoms with Gasteiger partial charge in [0, 0.05) is 24.3 Å². The second-order valence-electron chi connectivity index (χ2n) is 4.14. The summed E-state index contributed by atoms with van der Waals surface area (Å²) >= 11 is 0. The lowest BCUT2D eigenvalue weighted by molar-refractivity contribution is 0.0256. The van der Waals surface area contributed by atoms with Crippen LogP contribution >= 0.6 is 0 Å². The zero-order valence-corrected chi connectivity index (χ0v) is 8.78. The van der Waals surface area contributed by atoms with Crippen molar-refractivity contribution in [3.8, 4) is 0 Å². The molecule has 1 heterocycles. The van der Waals surface area contributed by atoms with E-state index in [-0.39, 0.29) is 12.0 Å². The fraction of sp³-hybridized carbons (Fsp3) is 0.500. The molecule has 0 aromatic heterocycles. The van der Waals surface area contributed by atoms with Crippen molar-refractivity contribution in [3.63, 3.8) is 0 Å². The molecule has 0 unspecified atom stereocenters. The molecular formula is C12H17NO2. The minimum Gasteiger partial charge on any atom is -0.398 e. The Hall–Kier alpha value is -1.06. The molecule has 1 aliphatic heterocycles. The molecule has 3 nitrogen and oxygen atoms in total. The predicted molar refractivity (Wildman–Crippen MR) is 59.7 cm³/mol. The molecular weight excluding hydrogens is 190 g/mol. The third-order valence-electron chi connectivity index (χ3n) is 3.28. The number of nitrogen functional groups attached to an aromatic ring is 1. The third kappa shape index (κ3) is 1.85. The number of benzene rings is 1. The van der Waals surface area contributed by atoms with Gasteiger partial charge in [-0.05, 0) is 24.5 Å². The number of hydrogen-bond acceptors (Lipinski definition) is 3. The number of aliphatic hydroxyl groups excluding tert-OH is 1. The molecule has 1 aromatic rings. The van der Waals surface area contributed by atoms with Crippen molar-refractivity contribution in [2.24, 2.45) is 0 Å². The lowest BCUT2D eigenvalue weighted by Gasteiger charge is -2.36. The summed E-state index contributed by atoms with van der Waals surface area (Å²) in [6.45, 7) is 1.55. The normalized spacial score (nSPS) is 20.1. The molecule has 1 aliphatic rings. The molecule has 0 radical (unpaired) electrons. The maximum Gasteiger partial charge on any atom is 0.0530 e. The largest absolute Gasteiger partial charge is 0.398 e. The fourth-order valence-electron chi connectivity index (χ4n) is 2.25. The van der Waals surface area contributed by atoms with Crippen molar-refractivity contribution in [3.05, 3.63) is 29.8 Å². The Kier molecular flexibility index (Phi) is 2.93. The lowest BCUT2D eigenvalue weighted by Crippen LogP contribution is -2.37. The second-order valence-corrected chi connectivity index (χ2v) is 4.14. The van der Waals surface area contributed by atoms with Gasteiger partial charge in [0.05, 0.1) is 6.61 Å². The van der Waals surface area contributed by atoms with E-state index < -0.39 is 0 Å². The van der Waals surface area contributed by atoms with E-state index in [0.717, 1.165) is 24.1 Å². The minimum atomic E-state index is -0.191. The Labute approximate surface area is 89.9 Å². The van der Waals surface area contributed by atoms with Crippen LogP contribution in [0.25, 0.3) is 0 Å². The smallest absolute Gasteiger partial charge is 0.0530 e. The summed E-state index contributed by atoms with van der Waals surface area (Å²) in [6.07, 6.45) is 1.69. The number of rotatable bonds is 2. The topological polar surface area (TPSA) is 55.5 Å². The quantitative estimate of drug-likeness (QED) is 0.719. The lowest BCUT2D eigenvalue weighted by atomic mass is 9.74. The molecule has 3 N–H and O–H groups in total. The highest BCUT2D eigenvalue weighted by atomic mass is 16.5. The Balaban J connectivity index is 2.36. The maximum atomic E-state index is 9.61. The van der Waals surface area contributed by atoms with E-state index >= 15 is 0 Å². The maximum absolute atomic E-state index is 9.61. The van der Waals surface area contributed by atoms with Gasteiger partial charge in [-0.2, -0.15) is 0 Å². The van der Waals surface area contributed by atoms with Gasteiger partial charge in [0.25, 0.3) is 0 Å². The number of ether oxygens (including phenoxy) is 1. The molecule has 2 rings (SSSR count). The fourth-order valence-corrected chi connectivity index (χ4v) is 2.25. The highest BCUT2D eigenvalue weighted by Gasteiger charge is 2.35. The Morgan fingerprint density at radius 1 is 1.27 bits per heavy atom. The van der Waals surface area contributed by atoms with Crippen LogP contribution in [0.3, 0.4) is 0 Å². The van der Waals surface area contributed by atoms with Gasteiger partial charge in [-0.15, -0.1) is 0 Å². The van der Waals surface area contributed by atoms with E-state index in [0.29, 0.717) is 13.2 Å². The van der Waals surface area contributed by atoms with E-state index in [4.69, 9.17) is 10.5 Å². The summed E-state index contributed by atoms with van der Waals surface area (Å²) in [5.74, 6) is 0. The van der Waals surface area contributed by atoms with Crippen molar-refractivity contribution in [1.82, 2.24) is 0 Å². The first-order valence-electron chi connectivity index (χ1n) is 5.32. The van der Waals surface area contributed by atoms with Crippen molar-refractivity contribution in [2.45, 2.75) is 18.3 Å². The molecule has 15 heavy (non-hydrogen) atoms. The molecule has 0 saturated carbocycles. The summed E-state index contributed by atoms with van der Waals surface area (Å²) in [4.78, 5) is 0. The zero-order valence-electron chi connectivity index (χ0n) is 8.78. The van der Waals surface area contributed by atoms with Gasteiger partial charge in [0.2, 0.25) is 0 Å². The molecule has 0 spiro atoms. The average Bonchev–Trinajstić information content (AvgIpc) is 2.30. The third-order valence-corrected chi connectivity index (χ3v) is 3.28. The first kappa shape index (κ1) is 10.5. The molecule has 1 saturated heterocycles. The van der Waals surface area contributed by atoms with Gasteiger partial charge in [-0.3, -0.25) is 0 Å². The summed E-state index contributed by atoms with van der Waals surface area (Å²) in [6, 6.07) is 7.79. The van der Waals surface area contributed by atoms with Crippen LogP contribution in [0.2, 0.25) is 0 Å². The van der Waals surface area contributed by atoms with E-state index in [9.17, 15) is 5.11 Å². The molecule has 1 fully saturated rings. The van der Waals surface area contributed by atoms with Crippen LogP contribution in [0.4, 0.5) is 5.69 Å². The van der Waals surface area contributed by atoms with Crippen LogP contribution in [-0.4, -0.2) is 24.9 Å². The van der Waals surface area contributed by atoms with E-state index in [1.165, 1.54) is 0 Å². The van der Waals surface area contributed by atoms with Crippen LogP contribution < -0.4 is 5.73 Å². The van der Waals surface area contributed by atoms with E-state index in [2.05, 4.69) is 0 Å². The van der Waals surface area contributed by atoms with Crippen LogP contribution in [-0.2, 0) is 10.2 Å². The number of aliphatic hydroxyl groups is 1. The zero-order chi connectivity index (χ0) is 10.7. The Morgan fingerprint density at radius 2 is 1.93 bits per heavy atom. The molecule has 3 heteroatoms. The van der Waals surface area contributed by atoms with E-state index in [1.54, 1.807) is 0 Å². The predicted octanol–water partition coefficient (Wildman–Crippen LogP) is 1.31. The van der Waals surface area contributed by atoms with E-state index in [1.807, 2.05) is 24.3 Å². The first-order chi connectivity index (χ1) is 7.28. The van der Waals surface area contributed by atoms with Crippen LogP contribution in [0.1, 0.15) is 18.4 Å². The molecule has 0 aliphatic carbocycles. The molecule has 0 bridgehead atoms. The summed E-state index contributed by atoms with van der Waals surface area (Å²) in [5.41, 5.74) is 7.61. The molecule has 82 valence electrons. The average molecular weight is 207 g/mol. The number of para-hydroxylation sites is 1. The SMILES string of the molecule is Nc1ccccc1C1(CO)CCOCC1. The monoisotopic (exact) mass is 207 g/mol. The highest BCUT2D eigenvalue weighted by Crippen LogP contribution is 2.37. The van der Waals surface area contributed by atoms with Gasteiger partial charge in [-0.25, -0.2) is 0 Å². The molecule has 1 aromatic carbocycles. The van der Waals surface area contributed by atoms with Gasteiger partial charge in [-0.1, -0.05) is 18.2 Å². The van der Waals surface area contributed by atoms with Crippen LogP contribution in [0.5, 0.6) is 0 Å². The number of nitrogens with two attached hydrogens (primary N) is 1. The first-order valence-corrected chi connectivity index (χ1v) is 5.32. The highest BCUT2D eigenvalue weighted by molar-refractivity contribution is 5.51. The summed E-state index contributed by atoms with van der Waals surface area (Å²) in [7, 11) is 0. The van der Waals surface area contributed by atoms with Gasteiger partial charge in [0.1, 0.15) is 0 Å². The second kappa shape index (κ2) is 4.21. The standard InChI is InChI=1S/C12H17NO2/c13-11-4-2-1-3-10(11)12(9-14)5-7-15-8-6-12/h1-4,14H,5-9,13H2. The number of hydrogen-bond donors (Lipinski definition) is 2. The van der Waals surface area contributed by atoms with Crippen molar-refractivity contribution >= 4 is 5.69 Å². The van der Waals surface area contributed by atoms with Crippen LogP contribution in [0, 0.1) is 0 Å². The van der Waals surface area contributed by atoms with Crippen molar-refractivity contribution in [2.75, 3.05) is 25.6 Å². The van der Waals surface area contributed by atoms with Gasteiger partial charge >= 0.3 is 0 Å². The molecule has 0 atom stereocenters. The van der Waals surface area contributed by atoms with Crippen molar-refractivity contribution < 1.29 is 9.84 Å². The Morgan fingerprint density at radius 3 is 2.53 bits per heavy atom. The summed E-state index contributed by atoms with van der Waals surface area (Å²) < 4.78 is 5.34. The van der Waals surface area contributed by atoms with Gasteiger partial charge < -0.3 is 15.6 Å². The van der Waals surface area contributed by atoms with Crippen molar-refractivity contribution in [1.29, 1.82) is 0 Å². The molecule has 0 amide bonds. The summed E-state index contributed by atoms with van der Waals surface area (Å²) in [5, 5.41) is 9.61. The van der Waals surface area contributed by atoms with Gasteiger partial charge in [0.15, 0.2) is 0 Å². The Bertz CT molecular complexity index is 332. The number of anilines is 1. The minimum absolute atomic E-state index is 0.143. The van der Waals surface area contributed by atoms with Crippen LogP contribution in [0.15, 0.2) is 24.3 Å².